The molecule has 1 aromatic carbocycles. The summed E-state index contributed by atoms with van der Waals surface area (Å²) in [5, 5.41) is 10.5. The molecule has 0 aromatic heterocycles. The standard InChI is InChI=1S/C12H15FN2O2/c13-10-6-9(2-3-11(10)15(16)17)7-12(8-14)4-1-5-12/h2-3,6H,1,4-5,7-8,14H2. The molecule has 92 valence electrons. The van der Waals surface area contributed by atoms with E-state index in [1.54, 1.807) is 6.07 Å². The molecule has 4 nitrogen and oxygen atoms in total. The number of rotatable bonds is 4. The molecule has 0 radical (unpaired) electrons. The van der Waals surface area contributed by atoms with Crippen LogP contribution in [0.15, 0.2) is 18.2 Å². The van der Waals surface area contributed by atoms with Crippen LogP contribution in [0.2, 0.25) is 0 Å². The fourth-order valence-corrected chi connectivity index (χ4v) is 2.37. The molecule has 2 N–H and O–H groups in total. The van der Waals surface area contributed by atoms with Gasteiger partial charge in [0.15, 0.2) is 0 Å². The van der Waals surface area contributed by atoms with Crippen molar-refractivity contribution in [3.63, 3.8) is 0 Å². The molecule has 0 atom stereocenters. The molecule has 0 bridgehead atoms. The fraction of sp³-hybridized carbons (Fsp3) is 0.500. The van der Waals surface area contributed by atoms with Crippen LogP contribution in [-0.4, -0.2) is 11.5 Å². The van der Waals surface area contributed by atoms with Crippen LogP contribution in [0.1, 0.15) is 24.8 Å². The molecule has 1 aliphatic rings. The second-order valence-corrected chi connectivity index (χ2v) is 4.78. The molecular weight excluding hydrogens is 223 g/mol. The number of nitrogens with zero attached hydrogens (tertiary/aromatic N) is 1. The van der Waals surface area contributed by atoms with Gasteiger partial charge in [0.05, 0.1) is 4.92 Å². The van der Waals surface area contributed by atoms with Gasteiger partial charge in [-0.3, -0.25) is 10.1 Å². The van der Waals surface area contributed by atoms with Crippen molar-refractivity contribution >= 4 is 5.69 Å². The summed E-state index contributed by atoms with van der Waals surface area (Å²) in [7, 11) is 0. The minimum atomic E-state index is -0.765. The van der Waals surface area contributed by atoms with E-state index in [2.05, 4.69) is 0 Å². The third-order valence-corrected chi connectivity index (χ3v) is 3.64. The summed E-state index contributed by atoms with van der Waals surface area (Å²) in [5.41, 5.74) is 6.14. The molecule has 1 aliphatic carbocycles. The summed E-state index contributed by atoms with van der Waals surface area (Å²) in [6, 6.07) is 4.11. The van der Waals surface area contributed by atoms with Crippen molar-refractivity contribution in [1.82, 2.24) is 0 Å². The van der Waals surface area contributed by atoms with Crippen LogP contribution < -0.4 is 5.73 Å². The first-order valence-electron chi connectivity index (χ1n) is 5.69. The van der Waals surface area contributed by atoms with Crippen LogP contribution in [-0.2, 0) is 6.42 Å². The Kier molecular flexibility index (Phi) is 3.11. The zero-order valence-corrected chi connectivity index (χ0v) is 9.49. The lowest BCUT2D eigenvalue weighted by Gasteiger charge is -2.41. The third kappa shape index (κ3) is 2.29. The third-order valence-electron chi connectivity index (χ3n) is 3.64. The highest BCUT2D eigenvalue weighted by Gasteiger charge is 2.35. The molecule has 0 aliphatic heterocycles. The molecule has 0 amide bonds. The van der Waals surface area contributed by atoms with Gasteiger partial charge in [0, 0.05) is 6.07 Å². The van der Waals surface area contributed by atoms with Crippen molar-refractivity contribution in [3.8, 4) is 0 Å². The SMILES string of the molecule is NCC1(Cc2ccc([N+](=O)[O-])c(F)c2)CCC1. The predicted octanol–water partition coefficient (Wildman–Crippen LogP) is 2.41. The first-order chi connectivity index (χ1) is 8.06. The highest BCUT2D eigenvalue weighted by molar-refractivity contribution is 5.35. The largest absolute Gasteiger partial charge is 0.330 e. The van der Waals surface area contributed by atoms with E-state index in [-0.39, 0.29) is 5.41 Å². The maximum Gasteiger partial charge on any atom is 0.304 e. The summed E-state index contributed by atoms with van der Waals surface area (Å²) in [6.07, 6.45) is 3.98. The minimum absolute atomic E-state index is 0.0859. The van der Waals surface area contributed by atoms with Gasteiger partial charge in [-0.25, -0.2) is 0 Å². The van der Waals surface area contributed by atoms with Gasteiger partial charge in [-0.2, -0.15) is 4.39 Å². The molecule has 2 rings (SSSR count). The van der Waals surface area contributed by atoms with Crippen LogP contribution in [0.4, 0.5) is 10.1 Å². The number of nitro benzene ring substituents is 1. The maximum atomic E-state index is 13.4. The predicted molar refractivity (Wildman–Crippen MR) is 62.1 cm³/mol. The second-order valence-electron chi connectivity index (χ2n) is 4.78. The van der Waals surface area contributed by atoms with Gasteiger partial charge in [-0.1, -0.05) is 12.5 Å². The van der Waals surface area contributed by atoms with E-state index in [4.69, 9.17) is 5.73 Å². The Morgan fingerprint density at radius 2 is 2.18 bits per heavy atom. The van der Waals surface area contributed by atoms with Crippen molar-refractivity contribution in [2.45, 2.75) is 25.7 Å². The molecule has 0 saturated heterocycles. The van der Waals surface area contributed by atoms with Crippen LogP contribution in [0.25, 0.3) is 0 Å². The van der Waals surface area contributed by atoms with Crippen LogP contribution in [0.3, 0.4) is 0 Å². The molecular formula is C12H15FN2O2. The van der Waals surface area contributed by atoms with Crippen molar-refractivity contribution in [2.75, 3.05) is 6.54 Å². The van der Waals surface area contributed by atoms with Crippen molar-refractivity contribution in [1.29, 1.82) is 0 Å². The Labute approximate surface area is 98.8 Å². The Morgan fingerprint density at radius 1 is 1.47 bits per heavy atom. The molecule has 1 saturated carbocycles. The summed E-state index contributed by atoms with van der Waals surface area (Å²) >= 11 is 0. The average Bonchev–Trinajstić information content (AvgIpc) is 2.23. The van der Waals surface area contributed by atoms with E-state index in [9.17, 15) is 14.5 Å². The smallest absolute Gasteiger partial charge is 0.304 e. The number of hydrogen-bond donors (Lipinski definition) is 1. The van der Waals surface area contributed by atoms with Crippen LogP contribution in [0.5, 0.6) is 0 Å². The van der Waals surface area contributed by atoms with E-state index in [1.807, 2.05) is 0 Å². The lowest BCUT2D eigenvalue weighted by molar-refractivity contribution is -0.387. The lowest BCUT2D eigenvalue weighted by Crippen LogP contribution is -2.39. The van der Waals surface area contributed by atoms with Crippen molar-refractivity contribution in [3.05, 3.63) is 39.7 Å². The average molecular weight is 238 g/mol. The first kappa shape index (κ1) is 12.0. The molecule has 1 fully saturated rings. The Balaban J connectivity index is 2.17. The Bertz CT molecular complexity index is 439. The van der Waals surface area contributed by atoms with E-state index in [0.29, 0.717) is 13.0 Å². The monoisotopic (exact) mass is 238 g/mol. The van der Waals surface area contributed by atoms with E-state index in [0.717, 1.165) is 24.8 Å². The van der Waals surface area contributed by atoms with Crippen molar-refractivity contribution < 1.29 is 9.31 Å². The molecule has 5 heteroatoms. The lowest BCUT2D eigenvalue weighted by atomic mass is 9.65. The number of halogens is 1. The quantitative estimate of drug-likeness (QED) is 0.646. The highest BCUT2D eigenvalue weighted by atomic mass is 19.1. The summed E-state index contributed by atoms with van der Waals surface area (Å²) in [6.45, 7) is 0.589. The number of benzene rings is 1. The number of hydrogen-bond acceptors (Lipinski definition) is 3. The molecule has 17 heavy (non-hydrogen) atoms. The first-order valence-corrected chi connectivity index (χ1v) is 5.69. The molecule has 0 unspecified atom stereocenters. The van der Waals surface area contributed by atoms with E-state index in [1.165, 1.54) is 12.1 Å². The molecule has 0 spiro atoms. The zero-order chi connectivity index (χ0) is 12.5. The fourth-order valence-electron chi connectivity index (χ4n) is 2.37. The van der Waals surface area contributed by atoms with Gasteiger partial charge >= 0.3 is 5.69 Å². The summed E-state index contributed by atoms with van der Waals surface area (Å²) < 4.78 is 13.4. The van der Waals surface area contributed by atoms with Crippen molar-refractivity contribution in [2.24, 2.45) is 11.1 Å². The minimum Gasteiger partial charge on any atom is -0.330 e. The van der Waals surface area contributed by atoms with Crippen LogP contribution in [0, 0.1) is 21.3 Å². The van der Waals surface area contributed by atoms with Gasteiger partial charge in [-0.05, 0) is 42.9 Å². The second kappa shape index (κ2) is 4.41. The highest BCUT2D eigenvalue weighted by Crippen LogP contribution is 2.42. The normalized spacial score (nSPS) is 17.5. The maximum absolute atomic E-state index is 13.4. The van der Waals surface area contributed by atoms with Gasteiger partial charge in [0.25, 0.3) is 0 Å². The Morgan fingerprint density at radius 3 is 2.59 bits per heavy atom. The van der Waals surface area contributed by atoms with Crippen LogP contribution >= 0.6 is 0 Å². The van der Waals surface area contributed by atoms with E-state index < -0.39 is 16.4 Å². The molecule has 1 aromatic rings. The van der Waals surface area contributed by atoms with Gasteiger partial charge in [-0.15, -0.1) is 0 Å². The van der Waals surface area contributed by atoms with E-state index >= 15 is 0 Å². The topological polar surface area (TPSA) is 69.2 Å². The number of nitro groups is 1. The number of nitrogens with two attached hydrogens (primary N) is 1. The van der Waals surface area contributed by atoms with Gasteiger partial charge < -0.3 is 5.73 Å². The van der Waals surface area contributed by atoms with Gasteiger partial charge in [0.2, 0.25) is 5.82 Å². The molecule has 0 heterocycles. The zero-order valence-electron chi connectivity index (χ0n) is 9.49. The summed E-state index contributed by atoms with van der Waals surface area (Å²) in [4.78, 5) is 9.78. The van der Waals surface area contributed by atoms with Gasteiger partial charge in [0.1, 0.15) is 0 Å². The summed E-state index contributed by atoms with van der Waals surface area (Å²) in [5.74, 6) is -0.765. The Hall–Kier alpha value is -1.49.